The highest BCUT2D eigenvalue weighted by atomic mass is 16.8. The van der Waals surface area contributed by atoms with Crippen molar-refractivity contribution < 1.29 is 33.4 Å². The second kappa shape index (κ2) is 33.8. The maximum atomic E-state index is 12.1. The highest BCUT2D eigenvalue weighted by molar-refractivity contribution is 6.01. The van der Waals surface area contributed by atoms with Crippen LogP contribution in [-0.4, -0.2) is 55.6 Å². The average molecular weight is 682 g/mol. The van der Waals surface area contributed by atoms with Crippen LogP contribution in [0.5, 0.6) is 0 Å². The molecule has 0 bridgehead atoms. The summed E-state index contributed by atoms with van der Waals surface area (Å²) < 4.78 is 17.1. The lowest BCUT2D eigenvalue weighted by atomic mass is 10.0. The molecule has 0 aromatic carbocycles. The van der Waals surface area contributed by atoms with Gasteiger partial charge in [-0.3, -0.25) is 14.4 Å². The molecule has 0 N–H and O–H groups in total. The topological polar surface area (TPSA) is 91.4 Å². The molecule has 1 rings (SSSR count). The summed E-state index contributed by atoms with van der Waals surface area (Å²) in [4.78, 5) is 40.4. The second-order valence-corrected chi connectivity index (χ2v) is 14.0. The zero-order valence-corrected chi connectivity index (χ0v) is 31.4. The van der Waals surface area contributed by atoms with E-state index in [2.05, 4.69) is 13.8 Å². The van der Waals surface area contributed by atoms with Crippen LogP contribution >= 0.6 is 0 Å². The number of carbonyl (C=O) groups excluding carboxylic acids is 3. The van der Waals surface area contributed by atoms with Crippen LogP contribution < -0.4 is 0 Å². The van der Waals surface area contributed by atoms with Gasteiger partial charge in [0.15, 0.2) is 0 Å². The molecule has 0 aromatic rings. The molecule has 0 radical (unpaired) electrons. The molecule has 1 aliphatic rings. The van der Waals surface area contributed by atoms with Crippen LogP contribution in [0, 0.1) is 0 Å². The zero-order valence-electron chi connectivity index (χ0n) is 31.4. The van der Waals surface area contributed by atoms with Crippen molar-refractivity contribution in [2.75, 3.05) is 26.4 Å². The largest absolute Gasteiger partial charge is 0.534 e. The van der Waals surface area contributed by atoms with Gasteiger partial charge in [0.1, 0.15) is 12.7 Å². The predicted molar refractivity (Wildman–Crippen MR) is 195 cm³/mol. The lowest BCUT2D eigenvalue weighted by molar-refractivity contribution is -0.178. The number of unbranched alkanes of at least 4 members (excludes halogenated alkanes) is 26. The van der Waals surface area contributed by atoms with Crippen LogP contribution in [0.25, 0.3) is 0 Å². The predicted octanol–water partition coefficient (Wildman–Crippen LogP) is 11.6. The molecule has 1 atom stereocenters. The Morgan fingerprint density at radius 1 is 0.521 bits per heavy atom. The summed E-state index contributed by atoms with van der Waals surface area (Å²) >= 11 is 0. The number of imide groups is 1. The third kappa shape index (κ3) is 27.2. The number of hydroxylamine groups is 2. The lowest BCUT2D eigenvalue weighted by Gasteiger charge is -2.19. The summed E-state index contributed by atoms with van der Waals surface area (Å²) in [5, 5.41) is 0.499. The van der Waals surface area contributed by atoms with E-state index in [1.165, 1.54) is 154 Å². The van der Waals surface area contributed by atoms with E-state index in [0.717, 1.165) is 25.7 Å². The third-order valence-corrected chi connectivity index (χ3v) is 9.36. The minimum atomic E-state index is -1.07. The number of rotatable bonds is 36. The van der Waals surface area contributed by atoms with E-state index in [-0.39, 0.29) is 19.4 Å². The summed E-state index contributed by atoms with van der Waals surface area (Å²) in [5.41, 5.74) is 0. The van der Waals surface area contributed by atoms with Gasteiger partial charge in [-0.25, -0.2) is 4.79 Å². The normalized spacial score (nSPS) is 13.8. The maximum absolute atomic E-state index is 12.1. The first-order valence-electron chi connectivity index (χ1n) is 20.5. The number of amides is 2. The van der Waals surface area contributed by atoms with Crippen LogP contribution in [0.4, 0.5) is 4.79 Å². The van der Waals surface area contributed by atoms with Crippen LogP contribution in [0.3, 0.4) is 0 Å². The van der Waals surface area contributed by atoms with Crippen molar-refractivity contribution in [3.8, 4) is 0 Å². The van der Waals surface area contributed by atoms with E-state index < -0.39 is 24.1 Å². The molecule has 8 nitrogen and oxygen atoms in total. The van der Waals surface area contributed by atoms with Gasteiger partial charge < -0.3 is 14.2 Å². The van der Waals surface area contributed by atoms with E-state index in [1.54, 1.807) is 0 Å². The van der Waals surface area contributed by atoms with Gasteiger partial charge in [-0.15, -0.1) is 0 Å². The number of hydrogen-bond acceptors (Lipinski definition) is 7. The molecule has 0 saturated carbocycles. The number of nitrogens with zero attached hydrogens (tertiary/aromatic N) is 1. The van der Waals surface area contributed by atoms with Crippen LogP contribution in [0.15, 0.2) is 0 Å². The molecular formula is C40H75NO7. The van der Waals surface area contributed by atoms with Gasteiger partial charge in [0.2, 0.25) is 0 Å². The minimum Gasteiger partial charge on any atom is -0.430 e. The SMILES string of the molecule is CCCCCCCCCCCCCCCCOC[C@@H](COC(=O)ON1C(=O)CCC1=O)OCCCCCCCCCCCCCCCC. The van der Waals surface area contributed by atoms with Crippen LogP contribution in [0.2, 0.25) is 0 Å². The molecule has 1 aliphatic heterocycles. The first-order chi connectivity index (χ1) is 23.6. The van der Waals surface area contributed by atoms with E-state index in [9.17, 15) is 14.4 Å². The van der Waals surface area contributed by atoms with Crippen molar-refractivity contribution >= 4 is 18.0 Å². The molecule has 8 heteroatoms. The zero-order chi connectivity index (χ0) is 34.8. The summed E-state index contributed by atoms with van der Waals surface area (Å²) in [5.74, 6) is -1.06. The fourth-order valence-corrected chi connectivity index (χ4v) is 6.22. The Balaban J connectivity index is 2.14. The molecular weight excluding hydrogens is 606 g/mol. The van der Waals surface area contributed by atoms with E-state index in [0.29, 0.717) is 24.9 Å². The third-order valence-electron chi connectivity index (χ3n) is 9.36. The van der Waals surface area contributed by atoms with Gasteiger partial charge in [-0.2, -0.15) is 0 Å². The molecule has 1 heterocycles. The molecule has 0 unspecified atom stereocenters. The summed E-state index contributed by atoms with van der Waals surface area (Å²) in [6.45, 7) is 6.04. The molecule has 0 aliphatic carbocycles. The van der Waals surface area contributed by atoms with Crippen molar-refractivity contribution in [1.82, 2.24) is 5.06 Å². The standard InChI is InChI=1S/C40H75NO7/c1-3-5-7-9-11-13-15-17-19-21-23-25-27-29-33-45-35-37(36-47-40(44)48-41-38(42)31-32-39(41)43)46-34-30-28-26-24-22-20-18-16-14-12-10-8-6-4-2/h37H,3-36H2,1-2H3/t37-/m0/s1. The number of carbonyl (C=O) groups is 3. The quantitative estimate of drug-likeness (QED) is 0.0369. The van der Waals surface area contributed by atoms with E-state index in [1.807, 2.05) is 0 Å². The number of ether oxygens (including phenoxy) is 3. The lowest BCUT2D eigenvalue weighted by Crippen LogP contribution is -2.34. The minimum absolute atomic E-state index is 0.0458. The molecule has 1 saturated heterocycles. The fraction of sp³-hybridized carbons (Fsp3) is 0.925. The molecule has 48 heavy (non-hydrogen) atoms. The summed E-state index contributed by atoms with van der Waals surface area (Å²) in [6, 6.07) is 0. The van der Waals surface area contributed by atoms with Crippen LogP contribution in [-0.2, 0) is 28.6 Å². The highest BCUT2D eigenvalue weighted by Crippen LogP contribution is 2.16. The van der Waals surface area contributed by atoms with Gasteiger partial charge in [0.05, 0.1) is 6.61 Å². The Hall–Kier alpha value is -1.67. The first-order valence-corrected chi connectivity index (χ1v) is 20.5. The molecule has 282 valence electrons. The Labute approximate surface area is 295 Å². The molecule has 2 amide bonds. The van der Waals surface area contributed by atoms with Gasteiger partial charge >= 0.3 is 6.16 Å². The average Bonchev–Trinajstić information content (AvgIpc) is 3.40. The van der Waals surface area contributed by atoms with Crippen molar-refractivity contribution in [3.63, 3.8) is 0 Å². The fourth-order valence-electron chi connectivity index (χ4n) is 6.22. The van der Waals surface area contributed by atoms with Crippen molar-refractivity contribution in [1.29, 1.82) is 0 Å². The summed E-state index contributed by atoms with van der Waals surface area (Å²) in [7, 11) is 0. The Morgan fingerprint density at radius 2 is 0.875 bits per heavy atom. The smallest absolute Gasteiger partial charge is 0.430 e. The molecule has 0 spiro atoms. The van der Waals surface area contributed by atoms with Crippen LogP contribution in [0.1, 0.15) is 206 Å². The second-order valence-electron chi connectivity index (χ2n) is 14.0. The molecule has 0 aromatic heterocycles. The van der Waals surface area contributed by atoms with Gasteiger partial charge in [0, 0.05) is 26.1 Å². The Bertz CT molecular complexity index is 746. The van der Waals surface area contributed by atoms with Gasteiger partial charge in [-0.05, 0) is 12.8 Å². The first kappa shape index (κ1) is 44.4. The monoisotopic (exact) mass is 682 g/mol. The van der Waals surface area contributed by atoms with E-state index >= 15 is 0 Å². The number of hydrogen-bond donors (Lipinski definition) is 0. The molecule has 1 fully saturated rings. The van der Waals surface area contributed by atoms with Crippen molar-refractivity contribution in [3.05, 3.63) is 0 Å². The van der Waals surface area contributed by atoms with Gasteiger partial charge in [-0.1, -0.05) is 186 Å². The van der Waals surface area contributed by atoms with Gasteiger partial charge in [0.25, 0.3) is 11.8 Å². The maximum Gasteiger partial charge on any atom is 0.534 e. The van der Waals surface area contributed by atoms with Crippen molar-refractivity contribution in [2.45, 2.75) is 213 Å². The Kier molecular flexibility index (Phi) is 31.2. The summed E-state index contributed by atoms with van der Waals surface area (Å²) in [6.07, 6.45) is 35.3. The van der Waals surface area contributed by atoms with E-state index in [4.69, 9.17) is 19.0 Å². The van der Waals surface area contributed by atoms with Crippen molar-refractivity contribution in [2.24, 2.45) is 0 Å². The Morgan fingerprint density at radius 3 is 1.27 bits per heavy atom. The highest BCUT2D eigenvalue weighted by Gasteiger charge is 2.33.